The van der Waals surface area contributed by atoms with Gasteiger partial charge in [0.05, 0.1) is 10.4 Å². The van der Waals surface area contributed by atoms with Crippen molar-refractivity contribution in [3.63, 3.8) is 0 Å². The van der Waals surface area contributed by atoms with E-state index < -0.39 is 0 Å². The number of hydrogen-bond acceptors (Lipinski definition) is 6. The molecule has 1 fully saturated rings. The summed E-state index contributed by atoms with van der Waals surface area (Å²) >= 11 is 3.23. The number of likely N-dealkylation sites (tertiary alicyclic amines) is 1. The number of rotatable bonds is 4. The first-order valence-corrected chi connectivity index (χ1v) is 10.1. The maximum absolute atomic E-state index is 12.4. The Bertz CT molecular complexity index is 866. The summed E-state index contributed by atoms with van der Waals surface area (Å²) in [4.78, 5) is 26.6. The van der Waals surface area contributed by atoms with Gasteiger partial charge < -0.3 is 5.32 Å². The fourth-order valence-electron chi connectivity index (χ4n) is 3.56. The molecule has 1 saturated heterocycles. The van der Waals surface area contributed by atoms with E-state index in [-0.39, 0.29) is 5.91 Å². The summed E-state index contributed by atoms with van der Waals surface area (Å²) in [5.41, 5.74) is 3.09. The monoisotopic (exact) mass is 372 g/mol. The topological polar surface area (TPSA) is 58.1 Å². The lowest BCUT2D eigenvalue weighted by molar-refractivity contribution is 0.0965. The van der Waals surface area contributed by atoms with Gasteiger partial charge in [-0.2, -0.15) is 0 Å². The number of carbonyl (C=O) groups excluding carboxylic acids is 1. The number of carbonyl (C=O) groups is 1. The van der Waals surface area contributed by atoms with E-state index in [0.29, 0.717) is 5.92 Å². The van der Waals surface area contributed by atoms with Crippen LogP contribution in [-0.2, 0) is 6.54 Å². The van der Waals surface area contributed by atoms with Gasteiger partial charge in [-0.3, -0.25) is 14.7 Å². The standard InChI is InChI=1S/C18H20N4OS2/c1-19-17(23)16-15(14-3-2-6-21-18(14)25-16)12-4-7-22(8-5-12)10-13-9-20-11-24-13/h2-3,6,9,11-12H,4-5,7-8,10H2,1H3,(H,19,23). The van der Waals surface area contributed by atoms with Crippen molar-refractivity contribution < 1.29 is 4.79 Å². The van der Waals surface area contributed by atoms with Gasteiger partial charge in [-0.15, -0.1) is 22.7 Å². The molecule has 0 unspecified atom stereocenters. The molecular formula is C18H20N4OS2. The molecule has 3 aromatic rings. The minimum Gasteiger partial charge on any atom is -0.354 e. The van der Waals surface area contributed by atoms with Crippen LogP contribution in [0.1, 0.15) is 38.9 Å². The van der Waals surface area contributed by atoms with Crippen LogP contribution in [0.15, 0.2) is 30.0 Å². The van der Waals surface area contributed by atoms with Crippen LogP contribution in [-0.4, -0.2) is 40.9 Å². The Labute approximate surface area is 154 Å². The van der Waals surface area contributed by atoms with Crippen LogP contribution in [0.5, 0.6) is 0 Å². The van der Waals surface area contributed by atoms with Crippen molar-refractivity contribution in [2.45, 2.75) is 25.3 Å². The van der Waals surface area contributed by atoms with Gasteiger partial charge >= 0.3 is 0 Å². The summed E-state index contributed by atoms with van der Waals surface area (Å²) in [6.07, 6.45) is 5.90. The molecule has 1 N–H and O–H groups in total. The molecule has 0 spiro atoms. The molecule has 0 aromatic carbocycles. The number of hydrogen-bond donors (Lipinski definition) is 1. The lowest BCUT2D eigenvalue weighted by atomic mass is 9.87. The van der Waals surface area contributed by atoms with Crippen molar-refractivity contribution in [1.29, 1.82) is 0 Å². The maximum Gasteiger partial charge on any atom is 0.261 e. The zero-order valence-electron chi connectivity index (χ0n) is 14.1. The number of aromatic nitrogens is 2. The average Bonchev–Trinajstić information content (AvgIpc) is 3.29. The van der Waals surface area contributed by atoms with E-state index in [1.165, 1.54) is 21.8 Å². The number of thiophene rings is 1. The zero-order chi connectivity index (χ0) is 17.2. The van der Waals surface area contributed by atoms with E-state index in [4.69, 9.17) is 0 Å². The Morgan fingerprint density at radius 1 is 1.40 bits per heavy atom. The summed E-state index contributed by atoms with van der Waals surface area (Å²) in [6.45, 7) is 3.08. The summed E-state index contributed by atoms with van der Waals surface area (Å²) < 4.78 is 0. The molecule has 130 valence electrons. The second-order valence-corrected chi connectivity index (χ2v) is 8.27. The van der Waals surface area contributed by atoms with Crippen molar-refractivity contribution in [3.8, 4) is 0 Å². The third-order valence-electron chi connectivity index (χ3n) is 4.80. The smallest absolute Gasteiger partial charge is 0.261 e. The number of amides is 1. The molecule has 0 radical (unpaired) electrons. The number of pyridine rings is 1. The largest absolute Gasteiger partial charge is 0.354 e. The summed E-state index contributed by atoms with van der Waals surface area (Å²) in [5, 5.41) is 3.93. The Hall–Kier alpha value is -1.83. The second kappa shape index (κ2) is 7.19. The molecule has 0 bridgehead atoms. The number of nitrogens with one attached hydrogen (secondary N) is 1. The molecule has 4 heterocycles. The van der Waals surface area contributed by atoms with Gasteiger partial charge in [0.1, 0.15) is 4.83 Å². The van der Waals surface area contributed by atoms with Gasteiger partial charge in [0, 0.05) is 36.2 Å². The highest BCUT2D eigenvalue weighted by molar-refractivity contribution is 7.20. The van der Waals surface area contributed by atoms with Crippen molar-refractivity contribution >= 4 is 38.8 Å². The highest BCUT2D eigenvalue weighted by Crippen LogP contribution is 2.40. The Morgan fingerprint density at radius 3 is 2.96 bits per heavy atom. The van der Waals surface area contributed by atoms with E-state index >= 15 is 0 Å². The quantitative estimate of drug-likeness (QED) is 0.762. The third kappa shape index (κ3) is 3.31. The molecule has 4 rings (SSSR count). The Balaban J connectivity index is 1.57. The molecule has 5 nitrogen and oxygen atoms in total. The van der Waals surface area contributed by atoms with Crippen LogP contribution in [0.4, 0.5) is 0 Å². The van der Waals surface area contributed by atoms with Crippen LogP contribution in [0, 0.1) is 0 Å². The minimum absolute atomic E-state index is 0.00471. The highest BCUT2D eigenvalue weighted by atomic mass is 32.1. The first-order valence-electron chi connectivity index (χ1n) is 8.45. The third-order valence-corrected chi connectivity index (χ3v) is 6.69. The van der Waals surface area contributed by atoms with E-state index in [9.17, 15) is 4.79 Å². The van der Waals surface area contributed by atoms with Crippen LogP contribution >= 0.6 is 22.7 Å². The van der Waals surface area contributed by atoms with E-state index in [2.05, 4.69) is 26.3 Å². The van der Waals surface area contributed by atoms with Crippen LogP contribution in [0.3, 0.4) is 0 Å². The Morgan fingerprint density at radius 2 is 2.24 bits per heavy atom. The number of fused-ring (bicyclic) bond motifs is 1. The molecule has 1 amide bonds. The number of nitrogens with zero attached hydrogens (tertiary/aromatic N) is 3. The summed E-state index contributed by atoms with van der Waals surface area (Å²) in [6, 6.07) is 4.06. The van der Waals surface area contributed by atoms with Gasteiger partial charge in [-0.25, -0.2) is 4.98 Å². The first-order chi connectivity index (χ1) is 12.3. The maximum atomic E-state index is 12.4. The lowest BCUT2D eigenvalue weighted by Crippen LogP contribution is -2.32. The van der Waals surface area contributed by atoms with Crippen LogP contribution < -0.4 is 5.32 Å². The van der Waals surface area contributed by atoms with Gasteiger partial charge in [-0.05, 0) is 43.5 Å². The van der Waals surface area contributed by atoms with Gasteiger partial charge in [-0.1, -0.05) is 6.07 Å². The molecule has 0 saturated carbocycles. The van der Waals surface area contributed by atoms with Crippen molar-refractivity contribution in [3.05, 3.63) is 45.4 Å². The second-order valence-electron chi connectivity index (χ2n) is 6.30. The molecule has 3 aromatic heterocycles. The predicted molar refractivity (Wildman–Crippen MR) is 102 cm³/mol. The molecule has 0 atom stereocenters. The minimum atomic E-state index is 0.00471. The SMILES string of the molecule is CNC(=O)c1sc2ncccc2c1C1CCN(Cc2cncs2)CC1. The lowest BCUT2D eigenvalue weighted by Gasteiger charge is -2.32. The van der Waals surface area contributed by atoms with Gasteiger partial charge in [0.15, 0.2) is 0 Å². The Kier molecular flexibility index (Phi) is 4.78. The number of thiazole rings is 1. The normalized spacial score (nSPS) is 16.4. The predicted octanol–water partition coefficient (Wildman–Crippen LogP) is 3.49. The molecular weight excluding hydrogens is 352 g/mol. The number of piperidine rings is 1. The first kappa shape index (κ1) is 16.6. The van der Waals surface area contributed by atoms with E-state index in [0.717, 1.165) is 47.6 Å². The summed E-state index contributed by atoms with van der Waals surface area (Å²) in [7, 11) is 1.70. The summed E-state index contributed by atoms with van der Waals surface area (Å²) in [5.74, 6) is 0.424. The van der Waals surface area contributed by atoms with E-state index in [1.54, 1.807) is 24.6 Å². The fraction of sp³-hybridized carbons (Fsp3) is 0.389. The molecule has 1 aliphatic heterocycles. The average molecular weight is 373 g/mol. The molecule has 7 heteroatoms. The zero-order valence-corrected chi connectivity index (χ0v) is 15.7. The van der Waals surface area contributed by atoms with E-state index in [1.807, 2.05) is 17.8 Å². The van der Waals surface area contributed by atoms with Gasteiger partial charge in [0.25, 0.3) is 5.91 Å². The highest BCUT2D eigenvalue weighted by Gasteiger charge is 2.28. The van der Waals surface area contributed by atoms with Crippen molar-refractivity contribution in [1.82, 2.24) is 20.2 Å². The van der Waals surface area contributed by atoms with Crippen LogP contribution in [0.25, 0.3) is 10.2 Å². The fourth-order valence-corrected chi connectivity index (χ4v) is 5.37. The molecule has 0 aliphatic carbocycles. The molecule has 25 heavy (non-hydrogen) atoms. The van der Waals surface area contributed by atoms with Crippen LogP contribution in [0.2, 0.25) is 0 Å². The molecule has 1 aliphatic rings. The van der Waals surface area contributed by atoms with Crippen molar-refractivity contribution in [2.24, 2.45) is 0 Å². The van der Waals surface area contributed by atoms with Gasteiger partial charge in [0.2, 0.25) is 0 Å². The van der Waals surface area contributed by atoms with Crippen molar-refractivity contribution in [2.75, 3.05) is 20.1 Å².